The molecule has 5 nitrogen and oxygen atoms in total. The van der Waals surface area contributed by atoms with E-state index in [9.17, 15) is 13.2 Å². The van der Waals surface area contributed by atoms with E-state index in [4.69, 9.17) is 11.6 Å². The number of carbonyl (C=O) groups excluding carboxylic acids is 1. The van der Waals surface area contributed by atoms with Gasteiger partial charge in [0.15, 0.2) is 0 Å². The van der Waals surface area contributed by atoms with Crippen LogP contribution in [0.4, 0.5) is 0 Å². The van der Waals surface area contributed by atoms with Crippen molar-refractivity contribution in [3.63, 3.8) is 0 Å². The van der Waals surface area contributed by atoms with Gasteiger partial charge in [0.1, 0.15) is 6.04 Å². The largest absolute Gasteiger partial charge is 0.468 e. The predicted molar refractivity (Wildman–Crippen MR) is 68.0 cm³/mol. The van der Waals surface area contributed by atoms with E-state index in [1.54, 1.807) is 19.1 Å². The maximum atomic E-state index is 12.1. The van der Waals surface area contributed by atoms with Crippen molar-refractivity contribution in [1.29, 1.82) is 0 Å². The van der Waals surface area contributed by atoms with Crippen LogP contribution in [-0.2, 0) is 19.6 Å². The van der Waals surface area contributed by atoms with E-state index in [-0.39, 0.29) is 4.90 Å². The fourth-order valence-electron chi connectivity index (χ4n) is 1.38. The van der Waals surface area contributed by atoms with Gasteiger partial charge in [-0.1, -0.05) is 17.7 Å². The van der Waals surface area contributed by atoms with Crippen molar-refractivity contribution >= 4 is 27.6 Å². The fraction of sp³-hybridized carbons (Fsp3) is 0.364. The second kappa shape index (κ2) is 5.69. The van der Waals surface area contributed by atoms with E-state index in [1.165, 1.54) is 20.1 Å². The average Bonchev–Trinajstić information content (AvgIpc) is 2.30. The Balaban J connectivity index is 3.07. The molecule has 100 valence electrons. The van der Waals surface area contributed by atoms with Gasteiger partial charge in [-0.15, -0.1) is 0 Å². The highest BCUT2D eigenvalue weighted by Gasteiger charge is 2.23. The van der Waals surface area contributed by atoms with Crippen LogP contribution in [0.15, 0.2) is 23.1 Å². The van der Waals surface area contributed by atoms with Gasteiger partial charge in [-0.25, -0.2) is 8.42 Å². The van der Waals surface area contributed by atoms with Gasteiger partial charge in [0.2, 0.25) is 10.0 Å². The van der Waals surface area contributed by atoms with Gasteiger partial charge in [0.05, 0.1) is 12.0 Å². The molecule has 1 aromatic rings. The lowest BCUT2D eigenvalue weighted by atomic mass is 10.2. The average molecular weight is 292 g/mol. The maximum absolute atomic E-state index is 12.1. The van der Waals surface area contributed by atoms with Crippen molar-refractivity contribution < 1.29 is 17.9 Å². The third-order valence-electron chi connectivity index (χ3n) is 2.33. The SMILES string of the molecule is COC(=O)[C@H](C)NS(=O)(=O)c1cc(Cl)ccc1C. The Morgan fingerprint density at radius 1 is 1.44 bits per heavy atom. The van der Waals surface area contributed by atoms with Crippen LogP contribution in [0.3, 0.4) is 0 Å². The molecule has 1 atom stereocenters. The summed E-state index contributed by atoms with van der Waals surface area (Å²) in [5.41, 5.74) is 0.545. The molecule has 0 unspecified atom stereocenters. The number of rotatable bonds is 4. The number of halogens is 1. The van der Waals surface area contributed by atoms with Crippen LogP contribution in [0.25, 0.3) is 0 Å². The molecule has 0 saturated carbocycles. The number of methoxy groups -OCH3 is 1. The number of carbonyl (C=O) groups is 1. The number of esters is 1. The molecule has 18 heavy (non-hydrogen) atoms. The number of hydrogen-bond acceptors (Lipinski definition) is 4. The second-order valence-corrected chi connectivity index (χ2v) is 5.89. The Morgan fingerprint density at radius 3 is 2.61 bits per heavy atom. The smallest absolute Gasteiger partial charge is 0.323 e. The molecule has 0 fully saturated rings. The normalized spacial score (nSPS) is 13.1. The summed E-state index contributed by atoms with van der Waals surface area (Å²) in [6.07, 6.45) is 0. The van der Waals surface area contributed by atoms with Crippen LogP contribution < -0.4 is 4.72 Å². The summed E-state index contributed by atoms with van der Waals surface area (Å²) in [7, 11) is -2.61. The lowest BCUT2D eigenvalue weighted by molar-refractivity contribution is -0.142. The highest BCUT2D eigenvalue weighted by atomic mass is 35.5. The van der Waals surface area contributed by atoms with Gasteiger partial charge >= 0.3 is 5.97 Å². The zero-order valence-electron chi connectivity index (χ0n) is 10.2. The molecule has 0 bridgehead atoms. The number of nitrogens with one attached hydrogen (secondary N) is 1. The van der Waals surface area contributed by atoms with Crippen LogP contribution in [0.1, 0.15) is 12.5 Å². The van der Waals surface area contributed by atoms with E-state index in [1.807, 2.05) is 0 Å². The van der Waals surface area contributed by atoms with Gasteiger partial charge in [-0.2, -0.15) is 4.72 Å². The number of aryl methyl sites for hydroxylation is 1. The molecule has 0 heterocycles. The molecule has 1 rings (SSSR count). The molecule has 0 aliphatic rings. The van der Waals surface area contributed by atoms with Gasteiger partial charge < -0.3 is 4.74 Å². The number of ether oxygens (including phenoxy) is 1. The molecule has 0 aromatic heterocycles. The van der Waals surface area contributed by atoms with E-state index in [2.05, 4.69) is 9.46 Å². The van der Waals surface area contributed by atoms with Crippen LogP contribution in [0.5, 0.6) is 0 Å². The predicted octanol–water partition coefficient (Wildman–Crippen LogP) is 1.49. The van der Waals surface area contributed by atoms with Crippen LogP contribution in [0.2, 0.25) is 5.02 Å². The lowest BCUT2D eigenvalue weighted by Gasteiger charge is -2.13. The van der Waals surface area contributed by atoms with Crippen molar-refractivity contribution in [1.82, 2.24) is 4.72 Å². The molecule has 1 aromatic carbocycles. The number of sulfonamides is 1. The Kier molecular flexibility index (Phi) is 4.72. The summed E-state index contributed by atoms with van der Waals surface area (Å²) in [5.74, 6) is -0.654. The van der Waals surface area contributed by atoms with Gasteiger partial charge in [0.25, 0.3) is 0 Å². The third-order valence-corrected chi connectivity index (χ3v) is 4.24. The summed E-state index contributed by atoms with van der Waals surface area (Å²) in [6.45, 7) is 3.05. The summed E-state index contributed by atoms with van der Waals surface area (Å²) in [4.78, 5) is 11.2. The zero-order chi connectivity index (χ0) is 13.9. The fourth-order valence-corrected chi connectivity index (χ4v) is 3.08. The molecule has 0 amide bonds. The minimum absolute atomic E-state index is 0.0470. The highest BCUT2D eigenvalue weighted by molar-refractivity contribution is 7.89. The van der Waals surface area contributed by atoms with E-state index in [0.717, 1.165) is 0 Å². The number of hydrogen-bond donors (Lipinski definition) is 1. The molecule has 1 N–H and O–H groups in total. The Labute approximate surface area is 111 Å². The summed E-state index contributed by atoms with van der Waals surface area (Å²) in [6, 6.07) is 3.57. The summed E-state index contributed by atoms with van der Waals surface area (Å²) in [5, 5.41) is 0.312. The Bertz CT molecular complexity index is 556. The first-order chi connectivity index (χ1) is 8.27. The lowest BCUT2D eigenvalue weighted by Crippen LogP contribution is -2.39. The Hall–Kier alpha value is -1.11. The second-order valence-electron chi connectivity index (χ2n) is 3.78. The van der Waals surface area contributed by atoms with E-state index >= 15 is 0 Å². The first-order valence-corrected chi connectivity index (χ1v) is 7.00. The Morgan fingerprint density at radius 2 is 2.06 bits per heavy atom. The molecule has 7 heteroatoms. The maximum Gasteiger partial charge on any atom is 0.323 e. The molecule has 0 aliphatic carbocycles. The van der Waals surface area contributed by atoms with E-state index in [0.29, 0.717) is 10.6 Å². The standard InChI is InChI=1S/C11H14ClNO4S/c1-7-4-5-9(12)6-10(7)18(15,16)13-8(2)11(14)17-3/h4-6,8,13H,1-3H3/t8-/m0/s1. The molecule has 0 aliphatic heterocycles. The zero-order valence-corrected chi connectivity index (χ0v) is 11.8. The van der Waals surface area contributed by atoms with Crippen molar-refractivity contribution in [2.75, 3.05) is 7.11 Å². The molecular formula is C11H14ClNO4S. The number of benzene rings is 1. The molecule has 0 saturated heterocycles. The van der Waals surface area contributed by atoms with Crippen LogP contribution >= 0.6 is 11.6 Å². The highest BCUT2D eigenvalue weighted by Crippen LogP contribution is 2.20. The van der Waals surface area contributed by atoms with Crippen molar-refractivity contribution in [2.24, 2.45) is 0 Å². The van der Waals surface area contributed by atoms with Gasteiger partial charge in [0, 0.05) is 5.02 Å². The van der Waals surface area contributed by atoms with Crippen LogP contribution in [-0.4, -0.2) is 27.5 Å². The minimum atomic E-state index is -3.80. The molecule has 0 spiro atoms. The molecule has 0 radical (unpaired) electrons. The van der Waals surface area contributed by atoms with Gasteiger partial charge in [-0.05, 0) is 31.5 Å². The topological polar surface area (TPSA) is 72.5 Å². The molecular weight excluding hydrogens is 278 g/mol. The van der Waals surface area contributed by atoms with Crippen LogP contribution in [0, 0.1) is 6.92 Å². The first kappa shape index (κ1) is 14.9. The first-order valence-electron chi connectivity index (χ1n) is 5.14. The summed E-state index contributed by atoms with van der Waals surface area (Å²) >= 11 is 5.77. The van der Waals surface area contributed by atoms with Gasteiger partial charge in [-0.3, -0.25) is 4.79 Å². The third kappa shape index (κ3) is 3.44. The van der Waals surface area contributed by atoms with Crippen molar-refractivity contribution in [2.45, 2.75) is 24.8 Å². The van der Waals surface area contributed by atoms with Crippen molar-refractivity contribution in [3.05, 3.63) is 28.8 Å². The monoisotopic (exact) mass is 291 g/mol. The van der Waals surface area contributed by atoms with Crippen molar-refractivity contribution in [3.8, 4) is 0 Å². The van der Waals surface area contributed by atoms with E-state index < -0.39 is 22.0 Å². The quantitative estimate of drug-likeness (QED) is 0.853. The minimum Gasteiger partial charge on any atom is -0.468 e. The summed E-state index contributed by atoms with van der Waals surface area (Å²) < 4.78 is 30.8.